The lowest BCUT2D eigenvalue weighted by Gasteiger charge is -2.55. The van der Waals surface area contributed by atoms with Gasteiger partial charge in [-0.1, -0.05) is 6.92 Å². The highest BCUT2D eigenvalue weighted by Crippen LogP contribution is 2.60. The second kappa shape index (κ2) is 4.57. The summed E-state index contributed by atoms with van der Waals surface area (Å²) in [6.45, 7) is 2.36. The predicted molar refractivity (Wildman–Crippen MR) is 80.6 cm³/mol. The molecule has 0 radical (unpaired) electrons. The predicted octanol–water partition coefficient (Wildman–Crippen LogP) is 3.03. The monoisotopic (exact) mass is 289 g/mol. The number of amides is 1. The number of nitrogens with zero attached hydrogens (tertiary/aromatic N) is 1. The SMILES string of the molecule is CN1C(=O)CC[C@@H]2[C@H]3CC[C@]4(C)CC(=O)C[C@H]4[C@@H]3CC[C@H]21. The first-order valence-corrected chi connectivity index (χ1v) is 8.77. The van der Waals surface area contributed by atoms with Crippen LogP contribution in [0.4, 0.5) is 0 Å². The number of likely N-dealkylation sites (tertiary alicyclic amines) is 1. The molecule has 3 heteroatoms. The van der Waals surface area contributed by atoms with Gasteiger partial charge in [0.2, 0.25) is 5.91 Å². The number of hydrogen-bond donors (Lipinski definition) is 0. The van der Waals surface area contributed by atoms with Crippen molar-refractivity contribution in [3.8, 4) is 0 Å². The molecule has 1 aliphatic heterocycles. The minimum atomic E-state index is 0.293. The summed E-state index contributed by atoms with van der Waals surface area (Å²) in [6.07, 6.45) is 8.40. The van der Waals surface area contributed by atoms with Crippen LogP contribution in [0, 0.1) is 29.1 Å². The van der Waals surface area contributed by atoms with E-state index >= 15 is 0 Å². The molecule has 0 aromatic rings. The van der Waals surface area contributed by atoms with E-state index in [1.807, 2.05) is 11.9 Å². The van der Waals surface area contributed by atoms with Gasteiger partial charge in [-0.25, -0.2) is 0 Å². The van der Waals surface area contributed by atoms with Crippen molar-refractivity contribution >= 4 is 11.7 Å². The zero-order chi connectivity index (χ0) is 14.8. The van der Waals surface area contributed by atoms with Crippen LogP contribution in [0.15, 0.2) is 0 Å². The van der Waals surface area contributed by atoms with E-state index in [1.54, 1.807) is 0 Å². The Bertz CT molecular complexity index is 488. The van der Waals surface area contributed by atoms with Crippen molar-refractivity contribution < 1.29 is 9.59 Å². The maximum Gasteiger partial charge on any atom is 0.222 e. The van der Waals surface area contributed by atoms with E-state index in [9.17, 15) is 9.59 Å². The first kappa shape index (κ1) is 13.8. The minimum absolute atomic E-state index is 0.293. The van der Waals surface area contributed by atoms with Crippen LogP contribution in [0.3, 0.4) is 0 Å². The molecule has 0 unspecified atom stereocenters. The van der Waals surface area contributed by atoms with E-state index in [0.29, 0.717) is 35.0 Å². The topological polar surface area (TPSA) is 37.4 Å². The molecule has 1 heterocycles. The van der Waals surface area contributed by atoms with Gasteiger partial charge < -0.3 is 4.90 Å². The first-order valence-electron chi connectivity index (χ1n) is 8.77. The lowest BCUT2D eigenvalue weighted by atomic mass is 9.52. The van der Waals surface area contributed by atoms with E-state index in [0.717, 1.165) is 43.9 Å². The summed E-state index contributed by atoms with van der Waals surface area (Å²) < 4.78 is 0. The lowest BCUT2D eigenvalue weighted by Crippen LogP contribution is -2.55. The van der Waals surface area contributed by atoms with Crippen LogP contribution >= 0.6 is 0 Å². The molecular formula is C18H27NO2. The molecule has 0 spiro atoms. The molecule has 6 atom stereocenters. The highest BCUT2D eigenvalue weighted by atomic mass is 16.2. The maximum absolute atomic E-state index is 12.0. The second-order valence-corrected chi connectivity index (χ2v) is 8.40. The Morgan fingerprint density at radius 2 is 1.86 bits per heavy atom. The summed E-state index contributed by atoms with van der Waals surface area (Å²) in [5.74, 6) is 3.69. The van der Waals surface area contributed by atoms with E-state index in [2.05, 4.69) is 6.92 Å². The van der Waals surface area contributed by atoms with Gasteiger partial charge in [0.25, 0.3) is 0 Å². The summed E-state index contributed by atoms with van der Waals surface area (Å²) in [5.41, 5.74) is 0.293. The summed E-state index contributed by atoms with van der Waals surface area (Å²) in [5, 5.41) is 0. The average molecular weight is 289 g/mol. The molecule has 0 aromatic heterocycles. The summed E-state index contributed by atoms with van der Waals surface area (Å²) in [6, 6.07) is 0.481. The van der Waals surface area contributed by atoms with Gasteiger partial charge >= 0.3 is 0 Å². The Labute approximate surface area is 127 Å². The highest BCUT2D eigenvalue weighted by Gasteiger charge is 2.56. The van der Waals surface area contributed by atoms with Crippen LogP contribution in [0.25, 0.3) is 0 Å². The van der Waals surface area contributed by atoms with E-state index in [4.69, 9.17) is 0 Å². The molecule has 1 amide bonds. The molecule has 4 fully saturated rings. The molecular weight excluding hydrogens is 262 g/mol. The molecule has 3 saturated carbocycles. The summed E-state index contributed by atoms with van der Waals surface area (Å²) in [4.78, 5) is 26.0. The number of fused-ring (bicyclic) bond motifs is 5. The Kier molecular flexibility index (Phi) is 3.00. The molecule has 1 saturated heterocycles. The largest absolute Gasteiger partial charge is 0.342 e. The molecule has 0 bridgehead atoms. The lowest BCUT2D eigenvalue weighted by molar-refractivity contribution is -0.143. The van der Waals surface area contributed by atoms with Crippen molar-refractivity contribution in [2.75, 3.05) is 7.05 Å². The fourth-order valence-electron chi connectivity index (χ4n) is 6.44. The number of carbonyl (C=O) groups is 2. The Morgan fingerprint density at radius 1 is 1.05 bits per heavy atom. The van der Waals surface area contributed by atoms with Crippen molar-refractivity contribution in [1.29, 1.82) is 0 Å². The van der Waals surface area contributed by atoms with E-state index in [-0.39, 0.29) is 0 Å². The number of carbonyl (C=O) groups excluding carboxylic acids is 2. The zero-order valence-corrected chi connectivity index (χ0v) is 13.3. The van der Waals surface area contributed by atoms with Gasteiger partial charge in [-0.15, -0.1) is 0 Å². The van der Waals surface area contributed by atoms with Crippen LogP contribution in [0.2, 0.25) is 0 Å². The number of rotatable bonds is 0. The highest BCUT2D eigenvalue weighted by molar-refractivity contribution is 5.82. The standard InChI is InChI=1S/C18H27NO2/c1-18-8-7-12-13(15(18)9-11(20)10-18)3-5-16-14(12)4-6-17(21)19(16)2/h12-16H,3-10H2,1-2H3/t12-,13+,14+,15-,16+,18+/m0/s1. The third-order valence-electron chi connectivity index (χ3n) is 7.48. The van der Waals surface area contributed by atoms with Gasteiger partial charge in [-0.2, -0.15) is 0 Å². The van der Waals surface area contributed by atoms with Crippen molar-refractivity contribution in [3.63, 3.8) is 0 Å². The number of Topliss-reactive ketones (excluding diaryl/α,β-unsaturated/α-hetero) is 1. The first-order chi connectivity index (χ1) is 9.99. The number of piperidine rings is 1. The van der Waals surface area contributed by atoms with Crippen LogP contribution in [0.1, 0.15) is 58.3 Å². The Balaban J connectivity index is 1.60. The Morgan fingerprint density at radius 3 is 2.67 bits per heavy atom. The van der Waals surface area contributed by atoms with Crippen molar-refractivity contribution in [3.05, 3.63) is 0 Å². The third-order valence-corrected chi connectivity index (χ3v) is 7.48. The summed E-state index contributed by atoms with van der Waals surface area (Å²) in [7, 11) is 2.01. The van der Waals surface area contributed by atoms with Crippen LogP contribution < -0.4 is 0 Å². The van der Waals surface area contributed by atoms with Gasteiger partial charge in [0.15, 0.2) is 0 Å². The molecule has 116 valence electrons. The number of hydrogen-bond acceptors (Lipinski definition) is 2. The summed E-state index contributed by atoms with van der Waals surface area (Å²) >= 11 is 0. The average Bonchev–Trinajstić information content (AvgIpc) is 2.77. The fourth-order valence-corrected chi connectivity index (χ4v) is 6.44. The van der Waals surface area contributed by atoms with Crippen molar-refractivity contribution in [2.45, 2.75) is 64.3 Å². The van der Waals surface area contributed by atoms with Crippen LogP contribution in [0.5, 0.6) is 0 Å². The number of ketones is 1. The third kappa shape index (κ3) is 1.92. The molecule has 0 aromatic carbocycles. The van der Waals surface area contributed by atoms with Crippen molar-refractivity contribution in [1.82, 2.24) is 4.90 Å². The molecule has 3 aliphatic carbocycles. The fraction of sp³-hybridized carbons (Fsp3) is 0.889. The van der Waals surface area contributed by atoms with Gasteiger partial charge in [0.05, 0.1) is 0 Å². The van der Waals surface area contributed by atoms with Gasteiger partial charge in [0, 0.05) is 32.4 Å². The van der Waals surface area contributed by atoms with E-state index in [1.165, 1.54) is 19.3 Å². The molecule has 4 rings (SSSR count). The molecule has 21 heavy (non-hydrogen) atoms. The van der Waals surface area contributed by atoms with E-state index < -0.39 is 0 Å². The molecule has 0 N–H and O–H groups in total. The zero-order valence-electron chi connectivity index (χ0n) is 13.3. The van der Waals surface area contributed by atoms with Crippen molar-refractivity contribution in [2.24, 2.45) is 29.1 Å². The van der Waals surface area contributed by atoms with Gasteiger partial charge in [-0.3, -0.25) is 9.59 Å². The Hall–Kier alpha value is -0.860. The quantitative estimate of drug-likeness (QED) is 0.687. The maximum atomic E-state index is 12.0. The molecule has 4 aliphatic rings. The smallest absolute Gasteiger partial charge is 0.222 e. The van der Waals surface area contributed by atoms with Crippen LogP contribution in [-0.2, 0) is 9.59 Å². The second-order valence-electron chi connectivity index (χ2n) is 8.40. The molecule has 3 nitrogen and oxygen atoms in total. The van der Waals surface area contributed by atoms with Gasteiger partial charge in [-0.05, 0) is 61.2 Å². The minimum Gasteiger partial charge on any atom is -0.342 e. The van der Waals surface area contributed by atoms with Crippen LogP contribution in [-0.4, -0.2) is 29.7 Å². The van der Waals surface area contributed by atoms with Gasteiger partial charge in [0.1, 0.15) is 5.78 Å². The normalized spacial score (nSPS) is 49.6.